The molecule has 7 nitrogen and oxygen atoms in total. The van der Waals surface area contributed by atoms with Crippen LogP contribution in [0.2, 0.25) is 51.4 Å². The van der Waals surface area contributed by atoms with Crippen LogP contribution >= 0.6 is 0 Å². The first-order chi connectivity index (χ1) is 20.4. The fraction of sp³-hybridized carbons (Fsp3) is 0.625. The molecule has 0 radical (unpaired) electrons. The SMILES string of the molecule is CCO[Si](CCCN(c1ccccc1)[Si](C)(C)C)(OCC)O[Si](CCCN(c1ccccc1)[Si](C)(C)C)(OCC)OCC. The zero-order chi connectivity index (χ0) is 32.0. The molecule has 0 bridgehead atoms. The first-order valence-corrected chi connectivity index (χ1v) is 27.0. The van der Waals surface area contributed by atoms with Gasteiger partial charge in [-0.1, -0.05) is 75.7 Å². The molecular formula is C32H60N2O5Si4. The van der Waals surface area contributed by atoms with Crippen molar-refractivity contribution in [2.75, 3.05) is 48.6 Å². The fourth-order valence-electron chi connectivity index (χ4n) is 5.54. The molecule has 0 aromatic heterocycles. The second-order valence-corrected chi connectivity index (χ2v) is 28.2. The Balaban J connectivity index is 2.30. The van der Waals surface area contributed by atoms with E-state index in [2.05, 4.69) is 109 Å². The molecule has 0 spiro atoms. The Morgan fingerprint density at radius 3 is 1.05 bits per heavy atom. The molecule has 11 heteroatoms. The predicted molar refractivity (Wildman–Crippen MR) is 192 cm³/mol. The van der Waals surface area contributed by atoms with Gasteiger partial charge < -0.3 is 31.0 Å². The highest BCUT2D eigenvalue weighted by Gasteiger charge is 2.53. The van der Waals surface area contributed by atoms with Gasteiger partial charge in [0, 0.05) is 63.0 Å². The number of benzene rings is 2. The minimum atomic E-state index is -3.11. The summed E-state index contributed by atoms with van der Waals surface area (Å²) in [6.07, 6.45) is 1.82. The van der Waals surface area contributed by atoms with Gasteiger partial charge in [0.2, 0.25) is 0 Å². The van der Waals surface area contributed by atoms with E-state index in [0.29, 0.717) is 26.4 Å². The lowest BCUT2D eigenvalue weighted by molar-refractivity contribution is 0.0491. The molecule has 2 aromatic carbocycles. The third-order valence-corrected chi connectivity index (χ3v) is 18.8. The van der Waals surface area contributed by atoms with E-state index in [9.17, 15) is 0 Å². The van der Waals surface area contributed by atoms with Crippen molar-refractivity contribution in [2.45, 2.75) is 91.9 Å². The molecule has 0 unspecified atom stereocenters. The molecule has 0 aliphatic carbocycles. The number of nitrogens with zero attached hydrogens (tertiary/aromatic N) is 2. The van der Waals surface area contributed by atoms with Gasteiger partial charge in [-0.25, -0.2) is 0 Å². The van der Waals surface area contributed by atoms with Gasteiger partial charge >= 0.3 is 17.6 Å². The molecule has 0 saturated heterocycles. The van der Waals surface area contributed by atoms with E-state index in [1.165, 1.54) is 11.4 Å². The minimum absolute atomic E-state index is 0.531. The molecule has 0 N–H and O–H groups in total. The second-order valence-electron chi connectivity index (χ2n) is 12.7. The Morgan fingerprint density at radius 1 is 0.488 bits per heavy atom. The largest absolute Gasteiger partial charge is 0.493 e. The van der Waals surface area contributed by atoms with Crippen LogP contribution in [0.4, 0.5) is 11.4 Å². The maximum atomic E-state index is 7.11. The van der Waals surface area contributed by atoms with Crippen LogP contribution in [0, 0.1) is 0 Å². The molecule has 0 amide bonds. The average molecular weight is 665 g/mol. The number of anilines is 2. The third-order valence-electron chi connectivity index (χ3n) is 7.25. The van der Waals surface area contributed by atoms with Crippen molar-refractivity contribution in [2.24, 2.45) is 0 Å². The summed E-state index contributed by atoms with van der Waals surface area (Å²) in [5.74, 6) is 0. The maximum absolute atomic E-state index is 7.11. The lowest BCUT2D eigenvalue weighted by Crippen LogP contribution is -2.59. The monoisotopic (exact) mass is 664 g/mol. The summed E-state index contributed by atoms with van der Waals surface area (Å²) >= 11 is 0. The molecular weight excluding hydrogens is 605 g/mol. The predicted octanol–water partition coefficient (Wildman–Crippen LogP) is 8.49. The molecule has 0 saturated carbocycles. The molecule has 0 aliphatic heterocycles. The maximum Gasteiger partial charge on any atom is 0.493 e. The summed E-state index contributed by atoms with van der Waals surface area (Å²) in [6, 6.07) is 22.9. The van der Waals surface area contributed by atoms with Gasteiger partial charge in [0.15, 0.2) is 0 Å². The minimum Gasteiger partial charge on any atom is -0.398 e. The van der Waals surface area contributed by atoms with Crippen molar-refractivity contribution >= 4 is 45.5 Å². The van der Waals surface area contributed by atoms with Crippen LogP contribution < -0.4 is 9.13 Å². The van der Waals surface area contributed by atoms with Crippen LogP contribution in [0.3, 0.4) is 0 Å². The van der Waals surface area contributed by atoms with E-state index in [0.717, 1.165) is 38.0 Å². The number of hydrogen-bond acceptors (Lipinski definition) is 7. The van der Waals surface area contributed by atoms with Crippen molar-refractivity contribution in [1.29, 1.82) is 0 Å². The normalized spacial score (nSPS) is 12.9. The van der Waals surface area contributed by atoms with Gasteiger partial charge in [0.25, 0.3) is 0 Å². The highest BCUT2D eigenvalue weighted by Crippen LogP contribution is 2.31. The summed E-state index contributed by atoms with van der Waals surface area (Å²) in [5, 5.41) is 0. The van der Waals surface area contributed by atoms with Crippen LogP contribution in [0.5, 0.6) is 0 Å². The molecule has 2 aromatic rings. The topological polar surface area (TPSA) is 52.6 Å². The smallest absolute Gasteiger partial charge is 0.398 e. The molecule has 2 rings (SSSR count). The van der Waals surface area contributed by atoms with E-state index < -0.39 is 34.1 Å². The summed E-state index contributed by atoms with van der Waals surface area (Å²) in [4.78, 5) is 0. The average Bonchev–Trinajstić information content (AvgIpc) is 2.94. The van der Waals surface area contributed by atoms with Crippen molar-refractivity contribution < 1.29 is 21.8 Å². The Morgan fingerprint density at radius 2 is 0.791 bits per heavy atom. The lowest BCUT2D eigenvalue weighted by Gasteiger charge is -2.40. The van der Waals surface area contributed by atoms with Crippen LogP contribution in [0.15, 0.2) is 60.7 Å². The number of hydrogen-bond donors (Lipinski definition) is 0. The van der Waals surface area contributed by atoms with Gasteiger partial charge in [-0.2, -0.15) is 0 Å². The van der Waals surface area contributed by atoms with Crippen LogP contribution in [-0.4, -0.2) is 73.6 Å². The Bertz CT molecular complexity index is 928. The summed E-state index contributed by atoms with van der Waals surface area (Å²) in [7, 11) is -9.47. The van der Waals surface area contributed by atoms with Crippen LogP contribution in [-0.2, 0) is 21.8 Å². The van der Waals surface area contributed by atoms with E-state index in [1.54, 1.807) is 0 Å². The van der Waals surface area contributed by atoms with Gasteiger partial charge in [-0.05, 0) is 64.8 Å². The van der Waals surface area contributed by atoms with Crippen molar-refractivity contribution in [1.82, 2.24) is 0 Å². The molecule has 43 heavy (non-hydrogen) atoms. The number of para-hydroxylation sites is 2. The highest BCUT2D eigenvalue weighted by molar-refractivity contribution is 6.80. The Kier molecular flexibility index (Phi) is 15.9. The number of rotatable bonds is 22. The van der Waals surface area contributed by atoms with Gasteiger partial charge in [-0.15, -0.1) is 0 Å². The first-order valence-electron chi connectivity index (χ1n) is 16.3. The standard InChI is InChI=1S/C32H60N2O5Si4/c1-11-35-42(36-12-2,29-21-27-33(40(5,6)7)31-23-17-15-18-24-31)39-43(37-13-3,38-14-4)30-22-28-34(41(8,9)10)32-25-19-16-20-26-32/h15-20,23-26H,11-14,21-22,27-30H2,1-10H3. The van der Waals surface area contributed by atoms with E-state index in [-0.39, 0.29) is 0 Å². The van der Waals surface area contributed by atoms with E-state index in [4.69, 9.17) is 21.8 Å². The summed E-state index contributed by atoms with van der Waals surface area (Å²) < 4.78 is 38.3. The van der Waals surface area contributed by atoms with Crippen LogP contribution in [0.1, 0.15) is 40.5 Å². The van der Waals surface area contributed by atoms with Crippen LogP contribution in [0.25, 0.3) is 0 Å². The molecule has 244 valence electrons. The van der Waals surface area contributed by atoms with Crippen molar-refractivity contribution in [3.63, 3.8) is 0 Å². The van der Waals surface area contributed by atoms with Crippen molar-refractivity contribution in [3.8, 4) is 0 Å². The van der Waals surface area contributed by atoms with Gasteiger partial charge in [-0.3, -0.25) is 0 Å². The Labute approximate surface area is 267 Å². The van der Waals surface area contributed by atoms with Gasteiger partial charge in [0.1, 0.15) is 16.5 Å². The second kappa shape index (κ2) is 18.0. The quantitative estimate of drug-likeness (QED) is 0.117. The van der Waals surface area contributed by atoms with Gasteiger partial charge in [0.05, 0.1) is 0 Å². The Hall–Kier alpha value is -1.29. The highest BCUT2D eigenvalue weighted by atomic mass is 28.5. The summed E-state index contributed by atoms with van der Waals surface area (Å²) in [5.41, 5.74) is 2.56. The van der Waals surface area contributed by atoms with E-state index in [1.807, 2.05) is 27.7 Å². The zero-order valence-corrected chi connectivity index (χ0v) is 32.8. The first kappa shape index (κ1) is 37.9. The summed E-state index contributed by atoms with van der Waals surface area (Å²) in [6.45, 7) is 26.5. The zero-order valence-electron chi connectivity index (χ0n) is 28.8. The molecule has 0 heterocycles. The fourth-order valence-corrected chi connectivity index (χ4v) is 16.4. The third kappa shape index (κ3) is 12.2. The molecule has 0 atom stereocenters. The molecule has 0 aliphatic rings. The lowest BCUT2D eigenvalue weighted by atomic mass is 10.3. The molecule has 0 fully saturated rings. The van der Waals surface area contributed by atoms with Crippen molar-refractivity contribution in [3.05, 3.63) is 60.7 Å². The van der Waals surface area contributed by atoms with E-state index >= 15 is 0 Å².